The number of nitrogens with one attached hydrogen (secondary N) is 1. The van der Waals surface area contributed by atoms with E-state index in [1.807, 2.05) is 32.9 Å². The Labute approximate surface area is 185 Å². The van der Waals surface area contributed by atoms with Crippen molar-refractivity contribution in [1.29, 1.82) is 0 Å². The fraction of sp³-hybridized carbons (Fsp3) is 0.435. The first-order valence-electron chi connectivity index (χ1n) is 10.8. The van der Waals surface area contributed by atoms with Gasteiger partial charge in [-0.2, -0.15) is 5.10 Å². The molecular weight excluding hydrogens is 410 g/mol. The standard InChI is InChI=1S/C23H27N5O4/c1-4-31-23(30)16-7-9-28(10-8-16)20-12-21(29)26-25-19(20)11-18-15(3)32-27-22(18)17-6-5-14(2)24-13-17/h5-6,12-13,16H,4,7-11H2,1-3H3,(H,26,29). The third kappa shape index (κ3) is 4.56. The molecule has 3 aromatic heterocycles. The lowest BCUT2D eigenvalue weighted by molar-refractivity contribution is -0.148. The van der Waals surface area contributed by atoms with Crippen molar-refractivity contribution in [2.45, 2.75) is 40.0 Å². The fourth-order valence-electron chi connectivity index (χ4n) is 4.04. The first-order valence-corrected chi connectivity index (χ1v) is 10.8. The van der Waals surface area contributed by atoms with E-state index in [2.05, 4.69) is 25.2 Å². The van der Waals surface area contributed by atoms with E-state index in [0.717, 1.165) is 33.9 Å². The van der Waals surface area contributed by atoms with E-state index in [-0.39, 0.29) is 17.4 Å². The zero-order valence-electron chi connectivity index (χ0n) is 18.6. The lowest BCUT2D eigenvalue weighted by Crippen LogP contribution is -2.38. The van der Waals surface area contributed by atoms with Crippen LogP contribution in [0.25, 0.3) is 11.3 Å². The molecule has 1 aliphatic heterocycles. The average Bonchev–Trinajstić information content (AvgIpc) is 3.16. The predicted molar refractivity (Wildman–Crippen MR) is 118 cm³/mol. The summed E-state index contributed by atoms with van der Waals surface area (Å²) in [5.41, 5.74) is 4.64. The Morgan fingerprint density at radius 3 is 2.75 bits per heavy atom. The molecule has 0 aliphatic carbocycles. The summed E-state index contributed by atoms with van der Waals surface area (Å²) in [7, 11) is 0. The number of piperidine rings is 1. The van der Waals surface area contributed by atoms with Gasteiger partial charge < -0.3 is 14.2 Å². The van der Waals surface area contributed by atoms with Crippen LogP contribution < -0.4 is 10.5 Å². The van der Waals surface area contributed by atoms with Crippen molar-refractivity contribution < 1.29 is 14.1 Å². The molecule has 1 aliphatic rings. The Balaban J connectivity index is 1.59. The summed E-state index contributed by atoms with van der Waals surface area (Å²) in [4.78, 5) is 30.6. The van der Waals surface area contributed by atoms with E-state index < -0.39 is 0 Å². The van der Waals surface area contributed by atoms with Crippen molar-refractivity contribution in [3.63, 3.8) is 0 Å². The van der Waals surface area contributed by atoms with E-state index >= 15 is 0 Å². The number of carbonyl (C=O) groups is 1. The van der Waals surface area contributed by atoms with Crippen LogP contribution >= 0.6 is 0 Å². The van der Waals surface area contributed by atoms with Crippen LogP contribution in [-0.2, 0) is 16.0 Å². The summed E-state index contributed by atoms with van der Waals surface area (Å²) in [6.45, 7) is 7.30. The van der Waals surface area contributed by atoms with E-state index in [4.69, 9.17) is 9.26 Å². The van der Waals surface area contributed by atoms with Gasteiger partial charge in [0.25, 0.3) is 5.56 Å². The molecule has 0 spiro atoms. The highest BCUT2D eigenvalue weighted by atomic mass is 16.5. The quantitative estimate of drug-likeness (QED) is 0.586. The third-order valence-corrected chi connectivity index (χ3v) is 5.83. The van der Waals surface area contributed by atoms with Crippen LogP contribution in [0.3, 0.4) is 0 Å². The maximum atomic E-state index is 12.1. The van der Waals surface area contributed by atoms with Gasteiger partial charge in [-0.3, -0.25) is 14.6 Å². The van der Waals surface area contributed by atoms with Crippen molar-refractivity contribution in [2.75, 3.05) is 24.6 Å². The highest BCUT2D eigenvalue weighted by molar-refractivity contribution is 5.73. The highest BCUT2D eigenvalue weighted by Gasteiger charge is 2.28. The molecule has 4 rings (SSSR count). The third-order valence-electron chi connectivity index (χ3n) is 5.83. The van der Waals surface area contributed by atoms with Crippen molar-refractivity contribution in [3.8, 4) is 11.3 Å². The van der Waals surface area contributed by atoms with Crippen LogP contribution in [-0.4, -0.2) is 46.0 Å². The fourth-order valence-corrected chi connectivity index (χ4v) is 4.04. The molecule has 1 fully saturated rings. The number of hydrogen-bond donors (Lipinski definition) is 1. The molecule has 0 aromatic carbocycles. The molecule has 0 unspecified atom stereocenters. The monoisotopic (exact) mass is 437 g/mol. The number of esters is 1. The van der Waals surface area contributed by atoms with Gasteiger partial charge in [0.2, 0.25) is 0 Å². The highest BCUT2D eigenvalue weighted by Crippen LogP contribution is 2.30. The van der Waals surface area contributed by atoms with Gasteiger partial charge in [-0.25, -0.2) is 5.10 Å². The first-order chi connectivity index (χ1) is 15.5. The molecule has 0 radical (unpaired) electrons. The van der Waals surface area contributed by atoms with E-state index in [1.165, 1.54) is 0 Å². The minimum Gasteiger partial charge on any atom is -0.466 e. The second-order valence-corrected chi connectivity index (χ2v) is 8.01. The number of nitrogens with zero attached hydrogens (tertiary/aromatic N) is 4. The molecule has 4 heterocycles. The summed E-state index contributed by atoms with van der Waals surface area (Å²) in [6.07, 6.45) is 3.58. The van der Waals surface area contributed by atoms with E-state index in [0.29, 0.717) is 44.7 Å². The van der Waals surface area contributed by atoms with Gasteiger partial charge in [0.05, 0.1) is 23.9 Å². The van der Waals surface area contributed by atoms with Gasteiger partial charge in [0.15, 0.2) is 0 Å². The van der Waals surface area contributed by atoms with Crippen LogP contribution in [0, 0.1) is 19.8 Å². The Morgan fingerprint density at radius 2 is 2.06 bits per heavy atom. The number of H-pyrrole nitrogens is 1. The number of aryl methyl sites for hydroxylation is 2. The van der Waals surface area contributed by atoms with Gasteiger partial charge in [-0.05, 0) is 45.7 Å². The van der Waals surface area contributed by atoms with Crippen molar-refractivity contribution in [3.05, 3.63) is 57.5 Å². The van der Waals surface area contributed by atoms with Gasteiger partial charge in [0, 0.05) is 48.6 Å². The summed E-state index contributed by atoms with van der Waals surface area (Å²) < 4.78 is 10.6. The number of hydrogen-bond acceptors (Lipinski definition) is 8. The van der Waals surface area contributed by atoms with Crippen LogP contribution in [0.2, 0.25) is 0 Å². The van der Waals surface area contributed by atoms with Crippen molar-refractivity contribution >= 4 is 11.7 Å². The zero-order chi connectivity index (χ0) is 22.7. The van der Waals surface area contributed by atoms with Gasteiger partial charge in [-0.15, -0.1) is 0 Å². The van der Waals surface area contributed by atoms with Gasteiger partial charge >= 0.3 is 5.97 Å². The number of aromatic amines is 1. The summed E-state index contributed by atoms with van der Waals surface area (Å²) in [5.74, 6) is 0.443. The summed E-state index contributed by atoms with van der Waals surface area (Å²) >= 11 is 0. The smallest absolute Gasteiger partial charge is 0.309 e. The Hall–Kier alpha value is -3.49. The maximum absolute atomic E-state index is 12.1. The molecule has 0 amide bonds. The lowest BCUT2D eigenvalue weighted by Gasteiger charge is -2.33. The number of carbonyl (C=O) groups excluding carboxylic acids is 1. The number of aromatic nitrogens is 4. The van der Waals surface area contributed by atoms with E-state index in [9.17, 15) is 9.59 Å². The normalized spacial score (nSPS) is 14.5. The lowest BCUT2D eigenvalue weighted by atomic mass is 9.96. The largest absolute Gasteiger partial charge is 0.466 e. The Morgan fingerprint density at radius 1 is 1.28 bits per heavy atom. The van der Waals surface area contributed by atoms with Crippen molar-refractivity contribution in [1.82, 2.24) is 20.3 Å². The minimum atomic E-state index is -0.263. The maximum Gasteiger partial charge on any atom is 0.309 e. The minimum absolute atomic E-state index is 0.106. The van der Waals surface area contributed by atoms with Crippen molar-refractivity contribution in [2.24, 2.45) is 5.92 Å². The molecule has 168 valence electrons. The summed E-state index contributed by atoms with van der Waals surface area (Å²) in [6, 6.07) is 5.47. The Bertz CT molecular complexity index is 1140. The SMILES string of the molecule is CCOC(=O)C1CCN(c2cc(=O)[nH]nc2Cc2c(-c3ccc(C)nc3)noc2C)CC1. The predicted octanol–water partition coefficient (Wildman–Crippen LogP) is 2.81. The van der Waals surface area contributed by atoms with Crippen LogP contribution in [0.15, 0.2) is 33.7 Å². The molecule has 1 N–H and O–H groups in total. The topological polar surface area (TPSA) is 114 Å². The van der Waals surface area contributed by atoms with Crippen LogP contribution in [0.5, 0.6) is 0 Å². The second-order valence-electron chi connectivity index (χ2n) is 8.01. The second kappa shape index (κ2) is 9.33. The Kier molecular flexibility index (Phi) is 6.34. The molecule has 0 atom stereocenters. The first kappa shape index (κ1) is 21.7. The number of pyridine rings is 1. The summed E-state index contributed by atoms with van der Waals surface area (Å²) in [5, 5.41) is 11.1. The molecule has 9 nitrogen and oxygen atoms in total. The molecule has 0 bridgehead atoms. The number of ether oxygens (including phenoxy) is 1. The molecule has 3 aromatic rings. The van der Waals surface area contributed by atoms with Crippen LogP contribution in [0.4, 0.5) is 5.69 Å². The molecule has 1 saturated heterocycles. The van der Waals surface area contributed by atoms with Crippen LogP contribution in [0.1, 0.15) is 42.5 Å². The average molecular weight is 438 g/mol. The number of anilines is 1. The molecule has 32 heavy (non-hydrogen) atoms. The number of rotatable bonds is 6. The zero-order valence-corrected chi connectivity index (χ0v) is 18.6. The molecule has 9 heteroatoms. The molecule has 0 saturated carbocycles. The van der Waals surface area contributed by atoms with Gasteiger partial charge in [0.1, 0.15) is 11.5 Å². The molecular formula is C23H27N5O4. The van der Waals surface area contributed by atoms with E-state index in [1.54, 1.807) is 12.3 Å². The van der Waals surface area contributed by atoms with Gasteiger partial charge in [-0.1, -0.05) is 5.16 Å².